The molecule has 0 N–H and O–H groups in total. The van der Waals surface area contributed by atoms with Crippen LogP contribution in [-0.4, -0.2) is 0 Å². The van der Waals surface area contributed by atoms with Gasteiger partial charge in [0.1, 0.15) is 0 Å². The lowest BCUT2D eigenvalue weighted by atomic mass is 9.75. The van der Waals surface area contributed by atoms with E-state index in [-0.39, 0.29) is 0 Å². The summed E-state index contributed by atoms with van der Waals surface area (Å²) < 4.78 is 0. The van der Waals surface area contributed by atoms with Gasteiger partial charge in [-0.05, 0) is 35.6 Å². The van der Waals surface area contributed by atoms with E-state index in [0.29, 0.717) is 5.92 Å². The average molecular weight is 246 g/mol. The van der Waals surface area contributed by atoms with Crippen molar-refractivity contribution in [3.8, 4) is 0 Å². The van der Waals surface area contributed by atoms with E-state index in [1.807, 2.05) is 11.3 Å². The molecule has 1 aliphatic carbocycles. The summed E-state index contributed by atoms with van der Waals surface area (Å²) in [6.07, 6.45) is 13.1. The second-order valence-corrected chi connectivity index (χ2v) is 5.90. The molecule has 1 heterocycles. The van der Waals surface area contributed by atoms with Crippen LogP contribution in [0.1, 0.15) is 31.6 Å². The lowest BCUT2D eigenvalue weighted by Gasteiger charge is -2.30. The molecule has 1 aromatic rings. The molecule has 2 atom stereocenters. The topological polar surface area (TPSA) is 0 Å². The Kier molecular flexibility index (Phi) is 4.61. The molecule has 0 bridgehead atoms. The number of thiophene rings is 1. The Morgan fingerprint density at radius 2 is 1.94 bits per heavy atom. The van der Waals surface area contributed by atoms with Crippen LogP contribution in [0.2, 0.25) is 0 Å². The van der Waals surface area contributed by atoms with Crippen LogP contribution in [0.3, 0.4) is 0 Å². The van der Waals surface area contributed by atoms with Crippen molar-refractivity contribution in [2.45, 2.75) is 33.1 Å². The number of allylic oxidation sites excluding steroid dienone is 4. The SMILES string of the molecule is CCC(CC)C1C=CC=CC1Cc1cccs1. The van der Waals surface area contributed by atoms with Gasteiger partial charge < -0.3 is 0 Å². The van der Waals surface area contributed by atoms with E-state index in [9.17, 15) is 0 Å². The highest BCUT2D eigenvalue weighted by Gasteiger charge is 2.25. The molecule has 2 rings (SSSR count). The summed E-state index contributed by atoms with van der Waals surface area (Å²) in [5.41, 5.74) is 0. The fourth-order valence-electron chi connectivity index (χ4n) is 2.88. The summed E-state index contributed by atoms with van der Waals surface area (Å²) in [5.74, 6) is 2.27. The highest BCUT2D eigenvalue weighted by atomic mass is 32.1. The molecule has 0 fully saturated rings. The van der Waals surface area contributed by atoms with Crippen LogP contribution in [0.4, 0.5) is 0 Å². The van der Waals surface area contributed by atoms with Crippen LogP contribution in [0, 0.1) is 17.8 Å². The molecule has 92 valence electrons. The minimum atomic E-state index is 0.698. The number of hydrogen-bond acceptors (Lipinski definition) is 1. The van der Waals surface area contributed by atoms with Crippen molar-refractivity contribution in [2.24, 2.45) is 17.8 Å². The van der Waals surface area contributed by atoms with E-state index >= 15 is 0 Å². The van der Waals surface area contributed by atoms with Crippen LogP contribution in [0.25, 0.3) is 0 Å². The number of rotatable bonds is 5. The zero-order chi connectivity index (χ0) is 12.1. The highest BCUT2D eigenvalue weighted by Crippen LogP contribution is 2.34. The van der Waals surface area contributed by atoms with Gasteiger partial charge in [-0.2, -0.15) is 0 Å². The van der Waals surface area contributed by atoms with E-state index in [1.165, 1.54) is 24.1 Å². The van der Waals surface area contributed by atoms with Crippen LogP contribution in [0.15, 0.2) is 41.8 Å². The minimum Gasteiger partial charge on any atom is -0.149 e. The fourth-order valence-corrected chi connectivity index (χ4v) is 3.65. The van der Waals surface area contributed by atoms with Crippen LogP contribution >= 0.6 is 11.3 Å². The van der Waals surface area contributed by atoms with Crippen LogP contribution < -0.4 is 0 Å². The first-order chi connectivity index (χ1) is 8.35. The molecule has 17 heavy (non-hydrogen) atoms. The molecule has 0 nitrogen and oxygen atoms in total. The molecule has 0 saturated carbocycles. The predicted molar refractivity (Wildman–Crippen MR) is 77.4 cm³/mol. The molecule has 0 spiro atoms. The third-order valence-corrected chi connectivity index (χ3v) is 4.81. The van der Waals surface area contributed by atoms with E-state index in [1.54, 1.807) is 0 Å². The van der Waals surface area contributed by atoms with Gasteiger partial charge >= 0.3 is 0 Å². The second kappa shape index (κ2) is 6.20. The van der Waals surface area contributed by atoms with Crippen LogP contribution in [0.5, 0.6) is 0 Å². The normalized spacial score (nSPS) is 23.5. The molecule has 0 aliphatic heterocycles. The van der Waals surface area contributed by atoms with Gasteiger partial charge in [0.15, 0.2) is 0 Å². The van der Waals surface area contributed by atoms with Crippen molar-refractivity contribution in [2.75, 3.05) is 0 Å². The molecule has 0 aromatic carbocycles. The van der Waals surface area contributed by atoms with Gasteiger partial charge in [0.25, 0.3) is 0 Å². The maximum atomic E-state index is 2.43. The van der Waals surface area contributed by atoms with Crippen molar-refractivity contribution in [3.05, 3.63) is 46.7 Å². The Morgan fingerprint density at radius 3 is 2.59 bits per heavy atom. The van der Waals surface area contributed by atoms with E-state index in [4.69, 9.17) is 0 Å². The second-order valence-electron chi connectivity index (χ2n) is 4.87. The molecule has 1 aliphatic rings. The van der Waals surface area contributed by atoms with E-state index in [2.05, 4.69) is 55.7 Å². The lowest BCUT2D eigenvalue weighted by Crippen LogP contribution is -2.22. The maximum absolute atomic E-state index is 2.43. The highest BCUT2D eigenvalue weighted by molar-refractivity contribution is 7.09. The monoisotopic (exact) mass is 246 g/mol. The smallest absolute Gasteiger partial charge is 0.00512 e. The minimum absolute atomic E-state index is 0.698. The Morgan fingerprint density at radius 1 is 1.18 bits per heavy atom. The van der Waals surface area contributed by atoms with Gasteiger partial charge in [-0.1, -0.05) is 57.1 Å². The fraction of sp³-hybridized carbons (Fsp3) is 0.500. The van der Waals surface area contributed by atoms with Crippen LogP contribution in [-0.2, 0) is 6.42 Å². The molecular weight excluding hydrogens is 224 g/mol. The maximum Gasteiger partial charge on any atom is 0.00512 e. The summed E-state index contributed by atoms with van der Waals surface area (Å²) in [6.45, 7) is 4.64. The van der Waals surface area contributed by atoms with Gasteiger partial charge in [-0.25, -0.2) is 0 Å². The molecule has 0 saturated heterocycles. The van der Waals surface area contributed by atoms with Crippen molar-refractivity contribution >= 4 is 11.3 Å². The van der Waals surface area contributed by atoms with E-state index < -0.39 is 0 Å². The van der Waals surface area contributed by atoms with Crippen molar-refractivity contribution < 1.29 is 0 Å². The van der Waals surface area contributed by atoms with E-state index in [0.717, 1.165) is 11.8 Å². The number of hydrogen-bond donors (Lipinski definition) is 0. The molecule has 1 aromatic heterocycles. The Balaban J connectivity index is 2.08. The first-order valence-electron chi connectivity index (χ1n) is 6.72. The molecular formula is C16H22S. The Labute approximate surface area is 109 Å². The van der Waals surface area contributed by atoms with Gasteiger partial charge in [0.2, 0.25) is 0 Å². The predicted octanol–water partition coefficient (Wildman–Crippen LogP) is 5.09. The quantitative estimate of drug-likeness (QED) is 0.679. The molecule has 1 heteroatoms. The standard InChI is InChI=1S/C16H22S/c1-3-13(4-2)16-10-6-5-8-14(16)12-15-9-7-11-17-15/h5-11,13-14,16H,3-4,12H2,1-2H3. The van der Waals surface area contributed by atoms with Gasteiger partial charge in [-0.15, -0.1) is 11.3 Å². The van der Waals surface area contributed by atoms with Gasteiger partial charge in [0, 0.05) is 4.88 Å². The zero-order valence-electron chi connectivity index (χ0n) is 10.8. The first kappa shape index (κ1) is 12.6. The third kappa shape index (κ3) is 3.10. The summed E-state index contributed by atoms with van der Waals surface area (Å²) in [6, 6.07) is 4.43. The largest absolute Gasteiger partial charge is 0.149 e. The summed E-state index contributed by atoms with van der Waals surface area (Å²) in [4.78, 5) is 1.52. The molecule has 0 radical (unpaired) electrons. The Hall–Kier alpha value is -0.820. The summed E-state index contributed by atoms with van der Waals surface area (Å²) in [5, 5.41) is 2.18. The summed E-state index contributed by atoms with van der Waals surface area (Å²) >= 11 is 1.89. The van der Waals surface area contributed by atoms with Gasteiger partial charge in [0.05, 0.1) is 0 Å². The molecule has 2 unspecified atom stereocenters. The van der Waals surface area contributed by atoms with Crippen molar-refractivity contribution in [3.63, 3.8) is 0 Å². The van der Waals surface area contributed by atoms with Gasteiger partial charge in [-0.3, -0.25) is 0 Å². The first-order valence-corrected chi connectivity index (χ1v) is 7.60. The zero-order valence-corrected chi connectivity index (χ0v) is 11.6. The van der Waals surface area contributed by atoms with Crippen molar-refractivity contribution in [1.82, 2.24) is 0 Å². The Bertz CT molecular complexity index is 368. The lowest BCUT2D eigenvalue weighted by molar-refractivity contribution is 0.299. The molecule has 0 amide bonds. The third-order valence-electron chi connectivity index (χ3n) is 3.91. The van der Waals surface area contributed by atoms with Crippen molar-refractivity contribution in [1.29, 1.82) is 0 Å². The summed E-state index contributed by atoms with van der Waals surface area (Å²) in [7, 11) is 0. The average Bonchev–Trinajstić information content (AvgIpc) is 2.86.